The molecule has 0 aliphatic rings. The minimum atomic E-state index is -1.03. The summed E-state index contributed by atoms with van der Waals surface area (Å²) >= 11 is 0. The molecule has 0 bridgehead atoms. The van der Waals surface area contributed by atoms with Crippen molar-refractivity contribution in [3.8, 4) is 6.07 Å². The SMILES string of the molecule is C=CCN(c1ccc(C(=O)O)cc1C#N)C(C)(C)C. The molecule has 0 saturated heterocycles. The number of carbonyl (C=O) groups is 1. The fourth-order valence-corrected chi connectivity index (χ4v) is 1.86. The van der Waals surface area contributed by atoms with Gasteiger partial charge in [-0.1, -0.05) is 6.08 Å². The Kier molecular flexibility index (Phi) is 4.34. The molecule has 0 atom stereocenters. The summed E-state index contributed by atoms with van der Waals surface area (Å²) < 4.78 is 0. The van der Waals surface area contributed by atoms with Gasteiger partial charge in [-0.3, -0.25) is 0 Å². The summed E-state index contributed by atoms with van der Waals surface area (Å²) in [6.07, 6.45) is 1.76. The molecule has 100 valence electrons. The van der Waals surface area contributed by atoms with Crippen molar-refractivity contribution in [2.45, 2.75) is 26.3 Å². The smallest absolute Gasteiger partial charge is 0.335 e. The van der Waals surface area contributed by atoms with Crippen LogP contribution in [0.1, 0.15) is 36.7 Å². The molecule has 0 unspecified atom stereocenters. The van der Waals surface area contributed by atoms with E-state index >= 15 is 0 Å². The molecule has 0 spiro atoms. The fourth-order valence-electron chi connectivity index (χ4n) is 1.86. The van der Waals surface area contributed by atoms with Crippen molar-refractivity contribution in [1.82, 2.24) is 0 Å². The van der Waals surface area contributed by atoms with Gasteiger partial charge in [0.05, 0.1) is 16.8 Å². The summed E-state index contributed by atoms with van der Waals surface area (Å²) in [5, 5.41) is 18.2. The molecule has 0 fully saturated rings. The average molecular weight is 258 g/mol. The summed E-state index contributed by atoms with van der Waals surface area (Å²) in [4.78, 5) is 13.0. The summed E-state index contributed by atoms with van der Waals surface area (Å²) in [6.45, 7) is 10.4. The number of hydrogen-bond donors (Lipinski definition) is 1. The lowest BCUT2D eigenvalue weighted by molar-refractivity contribution is 0.0697. The summed E-state index contributed by atoms with van der Waals surface area (Å²) in [5.74, 6) is -1.03. The third-order valence-electron chi connectivity index (χ3n) is 2.78. The van der Waals surface area contributed by atoms with Crippen LogP contribution in [-0.4, -0.2) is 23.2 Å². The van der Waals surface area contributed by atoms with Gasteiger partial charge in [-0.15, -0.1) is 6.58 Å². The summed E-state index contributed by atoms with van der Waals surface area (Å²) in [6, 6.07) is 6.66. The molecule has 0 radical (unpaired) electrons. The Morgan fingerprint density at radius 3 is 2.58 bits per heavy atom. The second-order valence-corrected chi connectivity index (χ2v) is 5.22. The van der Waals surface area contributed by atoms with E-state index in [9.17, 15) is 10.1 Å². The maximum Gasteiger partial charge on any atom is 0.335 e. The van der Waals surface area contributed by atoms with Crippen LogP contribution in [0.3, 0.4) is 0 Å². The Balaban J connectivity index is 3.36. The highest BCUT2D eigenvalue weighted by molar-refractivity contribution is 5.89. The molecule has 0 heterocycles. The normalized spacial score (nSPS) is 10.6. The minimum Gasteiger partial charge on any atom is -0.478 e. The molecular formula is C15H18N2O2. The number of anilines is 1. The molecule has 19 heavy (non-hydrogen) atoms. The third kappa shape index (κ3) is 3.35. The highest BCUT2D eigenvalue weighted by atomic mass is 16.4. The first-order valence-corrected chi connectivity index (χ1v) is 5.97. The van der Waals surface area contributed by atoms with E-state index in [0.29, 0.717) is 12.1 Å². The molecule has 1 aromatic rings. The second kappa shape index (κ2) is 5.57. The molecule has 4 heteroatoms. The summed E-state index contributed by atoms with van der Waals surface area (Å²) in [7, 11) is 0. The maximum atomic E-state index is 10.9. The van der Waals surface area contributed by atoms with Gasteiger partial charge in [-0.05, 0) is 39.0 Å². The number of aromatic carboxylic acids is 1. The highest BCUT2D eigenvalue weighted by Crippen LogP contribution is 2.28. The van der Waals surface area contributed by atoms with Crippen LogP contribution < -0.4 is 4.90 Å². The number of carboxylic acids is 1. The van der Waals surface area contributed by atoms with Gasteiger partial charge in [0, 0.05) is 12.1 Å². The van der Waals surface area contributed by atoms with Gasteiger partial charge in [0.15, 0.2) is 0 Å². The van der Waals surface area contributed by atoms with Crippen molar-refractivity contribution in [3.05, 3.63) is 42.0 Å². The predicted octanol–water partition coefficient (Wildman–Crippen LogP) is 3.05. The molecule has 0 aliphatic heterocycles. The zero-order chi connectivity index (χ0) is 14.6. The van der Waals surface area contributed by atoms with Crippen molar-refractivity contribution in [3.63, 3.8) is 0 Å². The number of nitriles is 1. The zero-order valence-electron chi connectivity index (χ0n) is 11.5. The topological polar surface area (TPSA) is 64.3 Å². The monoisotopic (exact) mass is 258 g/mol. The molecule has 0 saturated carbocycles. The Morgan fingerprint density at radius 2 is 2.16 bits per heavy atom. The molecular weight excluding hydrogens is 240 g/mol. The van der Waals surface area contributed by atoms with Crippen LogP contribution in [0.5, 0.6) is 0 Å². The van der Waals surface area contributed by atoms with Gasteiger partial charge in [0.2, 0.25) is 0 Å². The fraction of sp³-hybridized carbons (Fsp3) is 0.333. The van der Waals surface area contributed by atoms with Gasteiger partial charge in [0.1, 0.15) is 6.07 Å². The van der Waals surface area contributed by atoms with Gasteiger partial charge in [0.25, 0.3) is 0 Å². The molecule has 1 aromatic carbocycles. The lowest BCUT2D eigenvalue weighted by Crippen LogP contribution is -2.42. The lowest BCUT2D eigenvalue weighted by Gasteiger charge is -2.37. The second-order valence-electron chi connectivity index (χ2n) is 5.22. The van der Waals surface area contributed by atoms with Crippen LogP contribution >= 0.6 is 0 Å². The Morgan fingerprint density at radius 1 is 1.53 bits per heavy atom. The van der Waals surface area contributed by atoms with E-state index in [0.717, 1.165) is 5.69 Å². The Bertz CT molecular complexity index is 536. The summed E-state index contributed by atoms with van der Waals surface area (Å²) in [5.41, 5.74) is 1.01. The largest absolute Gasteiger partial charge is 0.478 e. The van der Waals surface area contributed by atoms with Crippen LogP contribution in [0.15, 0.2) is 30.9 Å². The van der Waals surface area contributed by atoms with Crippen LogP contribution in [0.25, 0.3) is 0 Å². The highest BCUT2D eigenvalue weighted by Gasteiger charge is 2.23. The van der Waals surface area contributed by atoms with Crippen LogP contribution in [-0.2, 0) is 0 Å². The maximum absolute atomic E-state index is 10.9. The number of carboxylic acid groups (broad SMARTS) is 1. The van der Waals surface area contributed by atoms with Crippen LogP contribution in [0, 0.1) is 11.3 Å². The molecule has 0 aromatic heterocycles. The minimum absolute atomic E-state index is 0.118. The van der Waals surface area contributed by atoms with Crippen LogP contribution in [0.2, 0.25) is 0 Å². The average Bonchev–Trinajstić information content (AvgIpc) is 2.33. The van der Waals surface area contributed by atoms with E-state index in [1.807, 2.05) is 25.7 Å². The van der Waals surface area contributed by atoms with Crippen molar-refractivity contribution >= 4 is 11.7 Å². The molecule has 1 N–H and O–H groups in total. The van der Waals surface area contributed by atoms with Crippen molar-refractivity contribution in [2.75, 3.05) is 11.4 Å². The first kappa shape index (κ1) is 14.8. The van der Waals surface area contributed by atoms with Gasteiger partial charge in [-0.25, -0.2) is 4.79 Å². The number of rotatable bonds is 4. The van der Waals surface area contributed by atoms with Crippen molar-refractivity contribution in [2.24, 2.45) is 0 Å². The van der Waals surface area contributed by atoms with E-state index < -0.39 is 5.97 Å². The van der Waals surface area contributed by atoms with Crippen molar-refractivity contribution in [1.29, 1.82) is 5.26 Å². The predicted molar refractivity (Wildman–Crippen MR) is 75.4 cm³/mol. The third-order valence-corrected chi connectivity index (χ3v) is 2.78. The van der Waals surface area contributed by atoms with E-state index in [1.165, 1.54) is 12.1 Å². The number of nitrogens with zero attached hydrogens (tertiary/aromatic N) is 2. The Hall–Kier alpha value is -2.28. The zero-order valence-corrected chi connectivity index (χ0v) is 11.5. The molecule has 0 aliphatic carbocycles. The van der Waals surface area contributed by atoms with E-state index in [1.54, 1.807) is 12.1 Å². The standard InChI is InChI=1S/C15H18N2O2/c1-5-8-17(15(2,3)4)13-7-6-11(14(18)19)9-12(13)10-16/h5-7,9H,1,8H2,2-4H3,(H,18,19). The number of hydrogen-bond acceptors (Lipinski definition) is 3. The Labute approximate surface area is 113 Å². The molecule has 0 amide bonds. The van der Waals surface area contributed by atoms with E-state index in [2.05, 4.69) is 12.6 Å². The van der Waals surface area contributed by atoms with E-state index in [-0.39, 0.29) is 11.1 Å². The molecule has 1 rings (SSSR count). The van der Waals surface area contributed by atoms with Gasteiger partial charge < -0.3 is 10.0 Å². The van der Waals surface area contributed by atoms with Crippen LogP contribution in [0.4, 0.5) is 5.69 Å². The first-order valence-electron chi connectivity index (χ1n) is 5.97. The molecule has 4 nitrogen and oxygen atoms in total. The quantitative estimate of drug-likeness (QED) is 0.843. The van der Waals surface area contributed by atoms with Gasteiger partial charge in [-0.2, -0.15) is 5.26 Å². The van der Waals surface area contributed by atoms with Gasteiger partial charge >= 0.3 is 5.97 Å². The number of benzene rings is 1. The lowest BCUT2D eigenvalue weighted by atomic mass is 10.0. The van der Waals surface area contributed by atoms with E-state index in [4.69, 9.17) is 5.11 Å². The van der Waals surface area contributed by atoms with Crippen molar-refractivity contribution < 1.29 is 9.90 Å². The first-order chi connectivity index (χ1) is 8.81.